The van der Waals surface area contributed by atoms with Crippen LogP contribution in [0.5, 0.6) is 5.75 Å². The lowest BCUT2D eigenvalue weighted by molar-refractivity contribution is 0.414. The highest BCUT2D eigenvalue weighted by atomic mass is 127. The van der Waals surface area contributed by atoms with E-state index in [9.17, 15) is 0 Å². The number of benzene rings is 1. The summed E-state index contributed by atoms with van der Waals surface area (Å²) in [6, 6.07) is 10.1. The van der Waals surface area contributed by atoms with Crippen molar-refractivity contribution in [2.75, 3.05) is 20.7 Å². The van der Waals surface area contributed by atoms with Crippen molar-refractivity contribution in [2.24, 2.45) is 12.0 Å². The van der Waals surface area contributed by atoms with Crippen LogP contribution in [0.4, 0.5) is 0 Å². The Morgan fingerprint density at radius 2 is 2.13 bits per heavy atom. The summed E-state index contributed by atoms with van der Waals surface area (Å²) in [4.78, 5) is 4.22. The van der Waals surface area contributed by atoms with Crippen molar-refractivity contribution in [1.82, 2.24) is 20.4 Å². The van der Waals surface area contributed by atoms with Crippen LogP contribution in [0.15, 0.2) is 41.5 Å². The molecule has 0 saturated heterocycles. The predicted molar refractivity (Wildman–Crippen MR) is 104 cm³/mol. The summed E-state index contributed by atoms with van der Waals surface area (Å²) in [5.74, 6) is 1.67. The first kappa shape index (κ1) is 19.3. The Morgan fingerprint density at radius 1 is 1.30 bits per heavy atom. The van der Waals surface area contributed by atoms with Crippen LogP contribution in [0.1, 0.15) is 11.3 Å². The quantitative estimate of drug-likeness (QED) is 0.419. The Bertz CT molecular complexity index is 626. The SMILES string of the molecule is CN=C(NCCc1cccc(OC)c1)NCc1ccnn1C.I. The number of hydrogen-bond donors (Lipinski definition) is 2. The zero-order chi connectivity index (χ0) is 15.8. The average molecular weight is 429 g/mol. The zero-order valence-corrected chi connectivity index (χ0v) is 16.1. The van der Waals surface area contributed by atoms with Gasteiger partial charge in [0.15, 0.2) is 5.96 Å². The first-order valence-corrected chi connectivity index (χ1v) is 7.27. The second-order valence-corrected chi connectivity index (χ2v) is 4.90. The number of aromatic nitrogens is 2. The fraction of sp³-hybridized carbons (Fsp3) is 0.375. The largest absolute Gasteiger partial charge is 0.497 e. The normalized spacial score (nSPS) is 10.8. The number of halogens is 1. The summed E-state index contributed by atoms with van der Waals surface area (Å²) in [5, 5.41) is 10.7. The summed E-state index contributed by atoms with van der Waals surface area (Å²) < 4.78 is 7.07. The lowest BCUT2D eigenvalue weighted by atomic mass is 10.1. The number of guanidine groups is 1. The molecule has 0 aliphatic heterocycles. The van der Waals surface area contributed by atoms with Gasteiger partial charge < -0.3 is 15.4 Å². The molecule has 0 radical (unpaired) electrons. The van der Waals surface area contributed by atoms with Crippen molar-refractivity contribution < 1.29 is 4.74 Å². The van der Waals surface area contributed by atoms with E-state index in [1.54, 1.807) is 20.4 Å². The van der Waals surface area contributed by atoms with Crippen molar-refractivity contribution in [1.29, 1.82) is 0 Å². The monoisotopic (exact) mass is 429 g/mol. The molecule has 0 bridgehead atoms. The maximum absolute atomic E-state index is 5.23. The van der Waals surface area contributed by atoms with E-state index >= 15 is 0 Å². The fourth-order valence-electron chi connectivity index (χ4n) is 2.12. The third kappa shape index (κ3) is 6.09. The summed E-state index contributed by atoms with van der Waals surface area (Å²) in [6.07, 6.45) is 2.69. The molecule has 0 amide bonds. The van der Waals surface area contributed by atoms with Crippen molar-refractivity contribution in [3.05, 3.63) is 47.8 Å². The molecule has 126 valence electrons. The topological polar surface area (TPSA) is 63.5 Å². The molecule has 23 heavy (non-hydrogen) atoms. The molecule has 0 aliphatic rings. The van der Waals surface area contributed by atoms with Crippen molar-refractivity contribution in [3.8, 4) is 5.75 Å². The van der Waals surface area contributed by atoms with E-state index < -0.39 is 0 Å². The van der Waals surface area contributed by atoms with Crippen LogP contribution in [0.25, 0.3) is 0 Å². The molecule has 0 fully saturated rings. The van der Waals surface area contributed by atoms with Crippen LogP contribution in [-0.4, -0.2) is 36.4 Å². The molecular weight excluding hydrogens is 405 g/mol. The van der Waals surface area contributed by atoms with Crippen LogP contribution in [0, 0.1) is 0 Å². The molecule has 0 atom stereocenters. The smallest absolute Gasteiger partial charge is 0.191 e. The number of nitrogens with zero attached hydrogens (tertiary/aromatic N) is 3. The van der Waals surface area contributed by atoms with E-state index in [-0.39, 0.29) is 24.0 Å². The molecule has 0 saturated carbocycles. The summed E-state index contributed by atoms with van der Waals surface area (Å²) in [7, 11) is 5.38. The number of hydrogen-bond acceptors (Lipinski definition) is 3. The van der Waals surface area contributed by atoms with E-state index in [1.165, 1.54) is 5.56 Å². The number of ether oxygens (including phenoxy) is 1. The molecule has 1 aromatic carbocycles. The van der Waals surface area contributed by atoms with Crippen molar-refractivity contribution in [2.45, 2.75) is 13.0 Å². The third-order valence-electron chi connectivity index (χ3n) is 3.42. The lowest BCUT2D eigenvalue weighted by Crippen LogP contribution is -2.38. The minimum atomic E-state index is 0. The second-order valence-electron chi connectivity index (χ2n) is 4.90. The Morgan fingerprint density at radius 3 is 2.78 bits per heavy atom. The molecule has 2 rings (SSSR count). The van der Waals surface area contributed by atoms with Crippen LogP contribution in [-0.2, 0) is 20.0 Å². The number of aliphatic imine (C=N–C) groups is 1. The van der Waals surface area contributed by atoms with Crippen molar-refractivity contribution in [3.63, 3.8) is 0 Å². The number of aryl methyl sites for hydroxylation is 1. The average Bonchev–Trinajstić information content (AvgIpc) is 2.96. The minimum absolute atomic E-state index is 0. The Balaban J connectivity index is 0.00000264. The molecular formula is C16H24IN5O. The molecule has 7 heteroatoms. The molecule has 2 aromatic rings. The highest BCUT2D eigenvalue weighted by Gasteiger charge is 2.02. The molecule has 0 spiro atoms. The Labute approximate surface area is 154 Å². The van der Waals surface area contributed by atoms with Gasteiger partial charge in [0.1, 0.15) is 5.75 Å². The van der Waals surface area contributed by atoms with E-state index in [4.69, 9.17) is 4.74 Å². The van der Waals surface area contributed by atoms with E-state index in [0.29, 0.717) is 6.54 Å². The van der Waals surface area contributed by atoms with Gasteiger partial charge in [-0.15, -0.1) is 24.0 Å². The van der Waals surface area contributed by atoms with Crippen LogP contribution in [0.2, 0.25) is 0 Å². The van der Waals surface area contributed by atoms with Gasteiger partial charge in [-0.25, -0.2) is 0 Å². The predicted octanol–water partition coefficient (Wildman–Crippen LogP) is 1.95. The lowest BCUT2D eigenvalue weighted by Gasteiger charge is -2.12. The minimum Gasteiger partial charge on any atom is -0.497 e. The van der Waals surface area contributed by atoms with Crippen LogP contribution >= 0.6 is 24.0 Å². The maximum atomic E-state index is 5.23. The highest BCUT2D eigenvalue weighted by Crippen LogP contribution is 2.12. The molecule has 2 N–H and O–H groups in total. The first-order valence-electron chi connectivity index (χ1n) is 7.27. The number of nitrogens with one attached hydrogen (secondary N) is 2. The number of rotatable bonds is 6. The second kappa shape index (κ2) is 10.1. The number of methoxy groups -OCH3 is 1. The fourth-order valence-corrected chi connectivity index (χ4v) is 2.12. The van der Waals surface area contributed by atoms with Gasteiger partial charge in [-0.2, -0.15) is 5.10 Å². The third-order valence-corrected chi connectivity index (χ3v) is 3.42. The molecule has 0 unspecified atom stereocenters. The van der Waals surface area contributed by atoms with Gasteiger partial charge >= 0.3 is 0 Å². The van der Waals surface area contributed by atoms with Crippen LogP contribution in [0.3, 0.4) is 0 Å². The van der Waals surface area contributed by atoms with Crippen molar-refractivity contribution >= 4 is 29.9 Å². The van der Waals surface area contributed by atoms with Gasteiger partial charge in [-0.3, -0.25) is 9.67 Å². The molecule has 1 aromatic heterocycles. The first-order chi connectivity index (χ1) is 10.7. The Hall–Kier alpha value is -1.77. The molecule has 6 nitrogen and oxygen atoms in total. The van der Waals surface area contributed by atoms with E-state index in [1.807, 2.05) is 36.0 Å². The summed E-state index contributed by atoms with van der Waals surface area (Å²) in [5.41, 5.74) is 2.34. The van der Waals surface area contributed by atoms with E-state index in [2.05, 4.69) is 26.8 Å². The van der Waals surface area contributed by atoms with Gasteiger partial charge in [-0.05, 0) is 30.2 Å². The highest BCUT2D eigenvalue weighted by molar-refractivity contribution is 14.0. The molecule has 0 aliphatic carbocycles. The molecule has 1 heterocycles. The van der Waals surface area contributed by atoms with Gasteiger partial charge in [0.25, 0.3) is 0 Å². The summed E-state index contributed by atoms with van der Waals surface area (Å²) in [6.45, 7) is 1.49. The van der Waals surface area contributed by atoms with Gasteiger partial charge in [-0.1, -0.05) is 12.1 Å². The summed E-state index contributed by atoms with van der Waals surface area (Å²) >= 11 is 0. The van der Waals surface area contributed by atoms with Gasteiger partial charge in [0.05, 0.1) is 19.3 Å². The van der Waals surface area contributed by atoms with E-state index in [0.717, 1.165) is 30.4 Å². The van der Waals surface area contributed by atoms with Crippen LogP contribution < -0.4 is 15.4 Å². The van der Waals surface area contributed by atoms with Gasteiger partial charge in [0.2, 0.25) is 0 Å². The zero-order valence-electron chi connectivity index (χ0n) is 13.7. The Kier molecular flexibility index (Phi) is 8.46. The van der Waals surface area contributed by atoms with Gasteiger partial charge in [0, 0.05) is 26.8 Å². The standard InChI is InChI=1S/C16H23N5O.HI/c1-17-16(19-12-14-8-10-20-21(14)2)18-9-7-13-5-4-6-15(11-13)22-3;/h4-6,8,10-11H,7,9,12H2,1-3H3,(H2,17,18,19);1H. The maximum Gasteiger partial charge on any atom is 0.191 e.